The normalized spacial score (nSPS) is 10.7. The Hall–Kier alpha value is -2.83. The zero-order valence-electron chi connectivity index (χ0n) is 11.0. The van der Waals surface area contributed by atoms with E-state index < -0.39 is 0 Å². The molecule has 0 spiro atoms. The van der Waals surface area contributed by atoms with Gasteiger partial charge in [-0.05, 0) is 6.07 Å². The van der Waals surface area contributed by atoms with Crippen LogP contribution in [0.2, 0.25) is 0 Å². The number of H-pyrrole nitrogens is 1. The lowest BCUT2D eigenvalue weighted by Crippen LogP contribution is -2.17. The Morgan fingerprint density at radius 1 is 1.40 bits per heavy atom. The van der Waals surface area contributed by atoms with Gasteiger partial charge < -0.3 is 20.0 Å². The Morgan fingerprint density at radius 2 is 2.25 bits per heavy atom. The summed E-state index contributed by atoms with van der Waals surface area (Å²) in [6, 6.07) is 1.92. The molecule has 0 aliphatic rings. The molecular formula is C13H13N5O2. The molecule has 0 saturated heterocycles. The van der Waals surface area contributed by atoms with Gasteiger partial charge in [0.2, 0.25) is 5.89 Å². The van der Waals surface area contributed by atoms with Crippen molar-refractivity contribution in [2.45, 2.75) is 0 Å². The molecular weight excluding hydrogens is 258 g/mol. The molecule has 102 valence electrons. The van der Waals surface area contributed by atoms with Crippen LogP contribution in [0.5, 0.6) is 0 Å². The van der Waals surface area contributed by atoms with E-state index in [1.54, 1.807) is 13.2 Å². The maximum Gasteiger partial charge on any atom is 0.272 e. The highest BCUT2D eigenvalue weighted by atomic mass is 16.3. The van der Waals surface area contributed by atoms with Gasteiger partial charge in [-0.15, -0.1) is 0 Å². The smallest absolute Gasteiger partial charge is 0.272 e. The van der Waals surface area contributed by atoms with Crippen molar-refractivity contribution >= 4 is 22.6 Å². The predicted molar refractivity (Wildman–Crippen MR) is 74.5 cm³/mol. The van der Waals surface area contributed by atoms with Gasteiger partial charge in [0.05, 0.1) is 11.3 Å². The fourth-order valence-corrected chi connectivity index (χ4v) is 2.07. The lowest BCUT2D eigenvalue weighted by molar-refractivity contribution is 0.0958. The summed E-state index contributed by atoms with van der Waals surface area (Å²) < 4.78 is 5.38. The van der Waals surface area contributed by atoms with E-state index in [1.165, 1.54) is 6.26 Å². The third-order valence-corrected chi connectivity index (χ3v) is 3.03. The molecule has 3 rings (SSSR count). The van der Waals surface area contributed by atoms with E-state index in [2.05, 4.69) is 25.6 Å². The highest BCUT2D eigenvalue weighted by Crippen LogP contribution is 2.32. The number of pyridine rings is 1. The van der Waals surface area contributed by atoms with E-state index in [4.69, 9.17) is 4.42 Å². The molecule has 0 bridgehead atoms. The first-order valence-electron chi connectivity index (χ1n) is 6.06. The minimum absolute atomic E-state index is 0.235. The van der Waals surface area contributed by atoms with Gasteiger partial charge in [0.25, 0.3) is 5.91 Å². The predicted octanol–water partition coefficient (Wildman–Crippen LogP) is 1.62. The van der Waals surface area contributed by atoms with E-state index in [1.807, 2.05) is 19.3 Å². The molecule has 0 unspecified atom stereocenters. The third-order valence-electron chi connectivity index (χ3n) is 3.03. The number of aromatic nitrogens is 3. The van der Waals surface area contributed by atoms with Crippen LogP contribution in [0, 0.1) is 0 Å². The summed E-state index contributed by atoms with van der Waals surface area (Å²) in [4.78, 5) is 23.0. The second-order valence-corrected chi connectivity index (χ2v) is 4.15. The number of amides is 1. The van der Waals surface area contributed by atoms with Crippen LogP contribution in [0.3, 0.4) is 0 Å². The highest BCUT2D eigenvalue weighted by Gasteiger charge is 2.17. The molecule has 0 aromatic carbocycles. The van der Waals surface area contributed by atoms with Gasteiger partial charge in [-0.3, -0.25) is 4.79 Å². The topological polar surface area (TPSA) is 95.8 Å². The van der Waals surface area contributed by atoms with Crippen molar-refractivity contribution in [3.63, 3.8) is 0 Å². The summed E-state index contributed by atoms with van der Waals surface area (Å²) in [6.07, 6.45) is 4.80. The third kappa shape index (κ3) is 1.80. The average Bonchev–Trinajstić information content (AvgIpc) is 3.13. The van der Waals surface area contributed by atoms with E-state index in [9.17, 15) is 4.79 Å². The van der Waals surface area contributed by atoms with Crippen molar-refractivity contribution in [1.82, 2.24) is 20.3 Å². The quantitative estimate of drug-likeness (QED) is 0.672. The Bertz CT molecular complexity index is 774. The van der Waals surface area contributed by atoms with Crippen LogP contribution < -0.4 is 10.6 Å². The maximum absolute atomic E-state index is 11.5. The number of anilines is 1. The van der Waals surface area contributed by atoms with E-state index in [0.29, 0.717) is 11.5 Å². The molecule has 0 aliphatic carbocycles. The van der Waals surface area contributed by atoms with Crippen molar-refractivity contribution in [3.05, 3.63) is 30.4 Å². The number of hydrogen-bond donors (Lipinski definition) is 3. The number of carbonyl (C=O) groups is 1. The lowest BCUT2D eigenvalue weighted by atomic mass is 10.2. The van der Waals surface area contributed by atoms with Gasteiger partial charge in [-0.1, -0.05) is 0 Å². The van der Waals surface area contributed by atoms with Crippen LogP contribution in [0.4, 0.5) is 5.69 Å². The Kier molecular flexibility index (Phi) is 2.86. The lowest BCUT2D eigenvalue weighted by Gasteiger charge is -2.06. The van der Waals surface area contributed by atoms with Crippen molar-refractivity contribution in [3.8, 4) is 11.5 Å². The number of nitrogens with one attached hydrogen (secondary N) is 3. The van der Waals surface area contributed by atoms with Gasteiger partial charge in [-0.2, -0.15) is 0 Å². The first kappa shape index (κ1) is 12.2. The van der Waals surface area contributed by atoms with Gasteiger partial charge in [0.1, 0.15) is 11.9 Å². The van der Waals surface area contributed by atoms with Crippen LogP contribution in [-0.2, 0) is 0 Å². The van der Waals surface area contributed by atoms with Crippen molar-refractivity contribution < 1.29 is 9.21 Å². The summed E-state index contributed by atoms with van der Waals surface area (Å²) in [5, 5.41) is 6.55. The molecule has 0 aliphatic heterocycles. The minimum atomic E-state index is -0.290. The molecule has 7 heteroatoms. The minimum Gasteiger partial charge on any atom is -0.443 e. The monoisotopic (exact) mass is 271 g/mol. The van der Waals surface area contributed by atoms with Gasteiger partial charge in [0.15, 0.2) is 5.69 Å². The second-order valence-electron chi connectivity index (χ2n) is 4.15. The molecule has 3 heterocycles. The number of fused-ring (bicyclic) bond motifs is 1. The van der Waals surface area contributed by atoms with Crippen molar-refractivity contribution in [2.24, 2.45) is 0 Å². The molecule has 0 fully saturated rings. The molecule has 0 saturated carbocycles. The summed E-state index contributed by atoms with van der Waals surface area (Å²) in [7, 11) is 3.36. The Balaban J connectivity index is 2.13. The van der Waals surface area contributed by atoms with Gasteiger partial charge in [0, 0.05) is 31.9 Å². The summed E-state index contributed by atoms with van der Waals surface area (Å²) in [6.45, 7) is 0. The largest absolute Gasteiger partial charge is 0.443 e. The zero-order valence-corrected chi connectivity index (χ0v) is 11.0. The molecule has 0 atom stereocenters. The molecule has 3 aromatic rings. The molecule has 1 amide bonds. The van der Waals surface area contributed by atoms with Crippen molar-refractivity contribution in [2.75, 3.05) is 19.4 Å². The molecule has 3 N–H and O–H groups in total. The van der Waals surface area contributed by atoms with Crippen LogP contribution in [0.15, 0.2) is 29.1 Å². The number of hydrogen-bond acceptors (Lipinski definition) is 5. The molecule has 0 radical (unpaired) electrons. The number of carbonyl (C=O) groups excluding carboxylic acids is 1. The fourth-order valence-electron chi connectivity index (χ4n) is 2.07. The average molecular weight is 271 g/mol. The SMILES string of the molecule is CNC(=O)c1coc(-c2cnc3[nH]ccc3c2NC)n1. The van der Waals surface area contributed by atoms with Crippen molar-refractivity contribution in [1.29, 1.82) is 0 Å². The first-order chi connectivity index (χ1) is 9.74. The Morgan fingerprint density at radius 3 is 3.00 bits per heavy atom. The van der Waals surface area contributed by atoms with E-state index in [0.717, 1.165) is 16.7 Å². The van der Waals surface area contributed by atoms with Crippen LogP contribution in [0.1, 0.15) is 10.5 Å². The Labute approximate surface area is 114 Å². The van der Waals surface area contributed by atoms with Crippen LogP contribution >= 0.6 is 0 Å². The molecule has 7 nitrogen and oxygen atoms in total. The highest BCUT2D eigenvalue weighted by molar-refractivity contribution is 5.97. The maximum atomic E-state index is 11.5. The van der Waals surface area contributed by atoms with Gasteiger partial charge in [-0.25, -0.2) is 9.97 Å². The molecule has 20 heavy (non-hydrogen) atoms. The summed E-state index contributed by atoms with van der Waals surface area (Å²) in [5.74, 6) is 0.0604. The van der Waals surface area contributed by atoms with Crippen LogP contribution in [0.25, 0.3) is 22.5 Å². The zero-order chi connectivity index (χ0) is 14.1. The molecule has 3 aromatic heterocycles. The number of rotatable bonds is 3. The van der Waals surface area contributed by atoms with Gasteiger partial charge >= 0.3 is 0 Å². The summed E-state index contributed by atoms with van der Waals surface area (Å²) in [5.41, 5.74) is 2.56. The summed E-state index contributed by atoms with van der Waals surface area (Å²) >= 11 is 0. The second kappa shape index (κ2) is 4.69. The first-order valence-corrected chi connectivity index (χ1v) is 6.06. The van der Waals surface area contributed by atoms with E-state index in [-0.39, 0.29) is 11.6 Å². The van der Waals surface area contributed by atoms with Crippen LogP contribution in [-0.4, -0.2) is 35.0 Å². The van der Waals surface area contributed by atoms with E-state index >= 15 is 0 Å². The number of aromatic amines is 1. The fraction of sp³-hybridized carbons (Fsp3) is 0.154. The number of nitrogens with zero attached hydrogens (tertiary/aromatic N) is 2. The standard InChI is InChI=1S/C13H13N5O2/c1-14-10-7-3-4-16-11(7)17-5-8(10)13-18-9(6-20-13)12(19)15-2/h3-6H,1-2H3,(H,15,19)(H2,14,16,17). The number of oxazole rings is 1.